The summed E-state index contributed by atoms with van der Waals surface area (Å²) in [6.07, 6.45) is 15.6. The van der Waals surface area contributed by atoms with E-state index in [0.717, 1.165) is 19.4 Å². The summed E-state index contributed by atoms with van der Waals surface area (Å²) in [5, 5.41) is 0. The number of aromatic nitrogens is 4. The number of aryl methyl sites for hydroxylation is 2. The van der Waals surface area contributed by atoms with Crippen molar-refractivity contribution in [3.63, 3.8) is 0 Å². The van der Waals surface area contributed by atoms with Crippen molar-refractivity contribution < 1.29 is 0 Å². The third-order valence-corrected chi connectivity index (χ3v) is 5.80. The van der Waals surface area contributed by atoms with Crippen LogP contribution in [0.1, 0.15) is 84.0 Å². The van der Waals surface area contributed by atoms with Gasteiger partial charge in [-0.25, -0.2) is 9.78 Å². The Morgan fingerprint density at radius 1 is 0.889 bits per heavy atom. The van der Waals surface area contributed by atoms with E-state index in [0.29, 0.717) is 15.9 Å². The molecule has 0 spiro atoms. The molecule has 0 saturated heterocycles. The molecule has 0 radical (unpaired) electrons. The molecular weight excluding hydrogens is 408 g/mol. The van der Waals surface area contributed by atoms with E-state index >= 15 is 0 Å². The number of nitrogens with one attached hydrogen (secondary N) is 1. The van der Waals surface area contributed by atoms with Gasteiger partial charge in [0.15, 0.2) is 15.9 Å². The lowest BCUT2D eigenvalue weighted by molar-refractivity contribution is 0.529. The third-order valence-electron chi connectivity index (χ3n) is 5.20. The van der Waals surface area contributed by atoms with Crippen LogP contribution in [0.15, 0.2) is 14.3 Å². The van der Waals surface area contributed by atoms with Crippen LogP contribution in [-0.4, -0.2) is 19.1 Å². The Morgan fingerprint density at radius 3 is 1.96 bits per heavy atom. The number of unbranched alkanes of at least 4 members (excludes halogenated alkanes) is 11. The van der Waals surface area contributed by atoms with Crippen LogP contribution in [0.5, 0.6) is 0 Å². The normalized spacial score (nSPS) is 11.5. The quantitative estimate of drug-likeness (QED) is 0.356. The standard InChI is InChI=1S/C20H33BrN4O2/c1-3-4-5-6-7-8-9-10-11-12-13-14-15-25-16-17(22-19(25)21)24(2)20(27)23-18(16)26/h3-15H2,1-2H3,(H,23,26,27). The first-order valence-corrected chi connectivity index (χ1v) is 11.2. The lowest BCUT2D eigenvalue weighted by Gasteiger charge is -2.06. The molecule has 0 atom stereocenters. The minimum Gasteiger partial charge on any atom is -0.313 e. The van der Waals surface area contributed by atoms with Crippen LogP contribution < -0.4 is 11.2 Å². The van der Waals surface area contributed by atoms with E-state index < -0.39 is 5.69 Å². The van der Waals surface area contributed by atoms with Crippen LogP contribution in [0.3, 0.4) is 0 Å². The lowest BCUT2D eigenvalue weighted by Crippen LogP contribution is -2.29. The topological polar surface area (TPSA) is 72.7 Å². The smallest absolute Gasteiger partial charge is 0.313 e. The second-order valence-corrected chi connectivity index (χ2v) is 8.12. The first-order chi connectivity index (χ1) is 13.1. The fourth-order valence-electron chi connectivity index (χ4n) is 3.52. The van der Waals surface area contributed by atoms with Crippen LogP contribution >= 0.6 is 15.9 Å². The highest BCUT2D eigenvalue weighted by Gasteiger charge is 2.15. The number of hydrogen-bond donors (Lipinski definition) is 1. The molecule has 0 amide bonds. The molecule has 0 bridgehead atoms. The van der Waals surface area contributed by atoms with Crippen LogP contribution in [0.4, 0.5) is 0 Å². The summed E-state index contributed by atoms with van der Waals surface area (Å²) >= 11 is 3.42. The zero-order valence-electron chi connectivity index (χ0n) is 16.7. The van der Waals surface area contributed by atoms with Gasteiger partial charge in [0.05, 0.1) is 0 Å². The molecule has 27 heavy (non-hydrogen) atoms. The van der Waals surface area contributed by atoms with Gasteiger partial charge in [0, 0.05) is 13.6 Å². The number of halogens is 1. The molecule has 7 heteroatoms. The van der Waals surface area contributed by atoms with E-state index in [2.05, 4.69) is 32.8 Å². The summed E-state index contributed by atoms with van der Waals surface area (Å²) in [6, 6.07) is 0. The maximum Gasteiger partial charge on any atom is 0.329 e. The van der Waals surface area contributed by atoms with Gasteiger partial charge in [0.25, 0.3) is 5.56 Å². The summed E-state index contributed by atoms with van der Waals surface area (Å²) in [7, 11) is 1.62. The van der Waals surface area contributed by atoms with Crippen LogP contribution in [0, 0.1) is 0 Å². The molecule has 2 aromatic heterocycles. The Labute approximate surface area is 169 Å². The molecule has 0 unspecified atom stereocenters. The van der Waals surface area contributed by atoms with Crippen molar-refractivity contribution in [3.05, 3.63) is 25.6 Å². The molecule has 2 aromatic rings. The average molecular weight is 441 g/mol. The van der Waals surface area contributed by atoms with E-state index in [4.69, 9.17) is 0 Å². The molecule has 0 aliphatic heterocycles. The molecule has 1 N–H and O–H groups in total. The van der Waals surface area contributed by atoms with Crippen LogP contribution in [0.2, 0.25) is 0 Å². The largest absolute Gasteiger partial charge is 0.329 e. The molecule has 0 aliphatic rings. The maximum absolute atomic E-state index is 12.2. The molecule has 6 nitrogen and oxygen atoms in total. The number of hydrogen-bond acceptors (Lipinski definition) is 3. The summed E-state index contributed by atoms with van der Waals surface area (Å²) in [4.78, 5) is 30.5. The van der Waals surface area contributed by atoms with Crippen molar-refractivity contribution in [1.82, 2.24) is 19.1 Å². The number of fused-ring (bicyclic) bond motifs is 1. The SMILES string of the molecule is CCCCCCCCCCCCCCn1c(Br)nc2c1c(=O)[nH]c(=O)n2C. The van der Waals surface area contributed by atoms with Crippen molar-refractivity contribution in [2.45, 2.75) is 90.5 Å². The molecule has 2 rings (SSSR count). The minimum absolute atomic E-state index is 0.370. The molecule has 152 valence electrons. The van der Waals surface area contributed by atoms with Gasteiger partial charge in [-0.05, 0) is 22.4 Å². The number of nitrogens with zero attached hydrogens (tertiary/aromatic N) is 3. The Bertz CT molecular complexity index is 822. The molecule has 2 heterocycles. The highest BCUT2D eigenvalue weighted by Crippen LogP contribution is 2.18. The molecule has 0 aliphatic carbocycles. The summed E-state index contributed by atoms with van der Waals surface area (Å²) in [5.41, 5.74) is 0.0851. The van der Waals surface area contributed by atoms with Gasteiger partial charge in [-0.2, -0.15) is 0 Å². The minimum atomic E-state index is -0.435. The van der Waals surface area contributed by atoms with Crippen molar-refractivity contribution in [2.75, 3.05) is 0 Å². The Hall–Kier alpha value is -1.37. The maximum atomic E-state index is 12.2. The fourth-order valence-corrected chi connectivity index (χ4v) is 4.05. The fraction of sp³-hybridized carbons (Fsp3) is 0.750. The second kappa shape index (κ2) is 11.5. The molecule has 0 aromatic carbocycles. The highest BCUT2D eigenvalue weighted by molar-refractivity contribution is 9.10. The van der Waals surface area contributed by atoms with Crippen LogP contribution in [0.25, 0.3) is 11.2 Å². The highest BCUT2D eigenvalue weighted by atomic mass is 79.9. The Balaban J connectivity index is 1.68. The number of H-pyrrole nitrogens is 1. The molecular formula is C20H33BrN4O2. The number of aromatic amines is 1. The lowest BCUT2D eigenvalue weighted by atomic mass is 10.1. The number of rotatable bonds is 13. The zero-order chi connectivity index (χ0) is 19.6. The summed E-state index contributed by atoms with van der Waals surface area (Å²) in [5.74, 6) is 0. The zero-order valence-corrected chi connectivity index (χ0v) is 18.3. The molecule has 0 saturated carbocycles. The number of imidazole rings is 1. The van der Waals surface area contributed by atoms with Crippen molar-refractivity contribution in [3.8, 4) is 0 Å². The van der Waals surface area contributed by atoms with Gasteiger partial charge in [-0.1, -0.05) is 77.6 Å². The predicted octanol–water partition coefficient (Wildman–Crippen LogP) is 4.89. The summed E-state index contributed by atoms with van der Waals surface area (Å²) < 4.78 is 3.84. The van der Waals surface area contributed by atoms with E-state index in [1.54, 1.807) is 7.05 Å². The van der Waals surface area contributed by atoms with Crippen molar-refractivity contribution in [1.29, 1.82) is 0 Å². The van der Waals surface area contributed by atoms with Gasteiger partial charge < -0.3 is 4.57 Å². The van der Waals surface area contributed by atoms with Crippen molar-refractivity contribution >= 4 is 27.1 Å². The predicted molar refractivity (Wildman–Crippen MR) is 114 cm³/mol. The first kappa shape index (κ1) is 21.9. The van der Waals surface area contributed by atoms with Crippen molar-refractivity contribution in [2.24, 2.45) is 7.05 Å². The van der Waals surface area contributed by atoms with E-state index in [9.17, 15) is 9.59 Å². The monoisotopic (exact) mass is 440 g/mol. The van der Waals surface area contributed by atoms with Gasteiger partial charge in [-0.3, -0.25) is 14.3 Å². The van der Waals surface area contributed by atoms with E-state index in [-0.39, 0.29) is 5.56 Å². The molecule has 0 fully saturated rings. The van der Waals surface area contributed by atoms with E-state index in [1.165, 1.54) is 68.8 Å². The van der Waals surface area contributed by atoms with E-state index in [1.807, 2.05) is 4.57 Å². The average Bonchev–Trinajstić information content (AvgIpc) is 2.98. The van der Waals surface area contributed by atoms with Gasteiger partial charge in [-0.15, -0.1) is 0 Å². The second-order valence-electron chi connectivity index (χ2n) is 7.41. The third kappa shape index (κ3) is 6.33. The first-order valence-electron chi connectivity index (χ1n) is 10.4. The van der Waals surface area contributed by atoms with Gasteiger partial charge >= 0.3 is 5.69 Å². The summed E-state index contributed by atoms with van der Waals surface area (Å²) in [6.45, 7) is 2.99. The Kier molecular flexibility index (Phi) is 9.31. The van der Waals surface area contributed by atoms with Gasteiger partial charge in [0.1, 0.15) is 0 Å². The Morgan fingerprint density at radius 2 is 1.41 bits per heavy atom. The van der Waals surface area contributed by atoms with Crippen LogP contribution in [-0.2, 0) is 13.6 Å². The van der Waals surface area contributed by atoms with Gasteiger partial charge in [0.2, 0.25) is 0 Å².